The molecule has 11 heteroatoms. The van der Waals surface area contributed by atoms with Gasteiger partial charge in [-0.25, -0.2) is 8.42 Å². The number of benzene rings is 1. The van der Waals surface area contributed by atoms with Crippen molar-refractivity contribution in [3.63, 3.8) is 0 Å². The normalized spacial score (nSPS) is 17.7. The number of anilines is 1. The third-order valence-corrected chi connectivity index (χ3v) is 8.33. The van der Waals surface area contributed by atoms with Gasteiger partial charge in [-0.2, -0.15) is 14.1 Å². The van der Waals surface area contributed by atoms with Crippen LogP contribution in [0.2, 0.25) is 0 Å². The van der Waals surface area contributed by atoms with E-state index in [1.54, 1.807) is 39.0 Å². The van der Waals surface area contributed by atoms with Crippen LogP contribution >= 0.6 is 0 Å². The van der Waals surface area contributed by atoms with E-state index in [0.29, 0.717) is 41.8 Å². The number of carbonyl (C=O) groups is 3. The Balaban J connectivity index is 1.67. The molecule has 3 heterocycles. The van der Waals surface area contributed by atoms with Crippen LogP contribution in [-0.4, -0.2) is 60.0 Å². The summed E-state index contributed by atoms with van der Waals surface area (Å²) in [6.07, 6.45) is 0.923. The van der Waals surface area contributed by atoms with Crippen molar-refractivity contribution < 1.29 is 27.5 Å². The lowest BCUT2D eigenvalue weighted by atomic mass is 9.98. The number of fused-ring (bicyclic) bond motifs is 1. The first-order chi connectivity index (χ1) is 16.1. The minimum absolute atomic E-state index is 0.0503. The van der Waals surface area contributed by atoms with Crippen LogP contribution in [0.4, 0.5) is 5.82 Å². The molecule has 2 aromatic rings. The van der Waals surface area contributed by atoms with E-state index in [-0.39, 0.29) is 60.3 Å². The minimum Gasteiger partial charge on any atom is -0.466 e. The average molecular weight is 489 g/mol. The van der Waals surface area contributed by atoms with Gasteiger partial charge >= 0.3 is 5.97 Å². The summed E-state index contributed by atoms with van der Waals surface area (Å²) < 4.78 is 34.7. The summed E-state index contributed by atoms with van der Waals surface area (Å²) in [6, 6.07) is 5.03. The van der Waals surface area contributed by atoms with Gasteiger partial charge in [0.25, 0.3) is 0 Å². The number of carbonyl (C=O) groups excluding carboxylic acids is 3. The van der Waals surface area contributed by atoms with E-state index in [0.717, 1.165) is 0 Å². The molecule has 0 aliphatic carbocycles. The SMILES string of the molecule is CCOC(=O)C1CCN(S(=O)(=O)c2cc(-c3c(C)nn4c3NC(=O)CCC4=O)ccc2C)CC1. The molecule has 0 unspecified atom stereocenters. The average Bonchev–Trinajstić information content (AvgIpc) is 3.06. The molecular weight excluding hydrogens is 460 g/mol. The fourth-order valence-corrected chi connectivity index (χ4v) is 6.17. The van der Waals surface area contributed by atoms with Crippen LogP contribution in [0.1, 0.15) is 48.7 Å². The van der Waals surface area contributed by atoms with Gasteiger partial charge in [0, 0.05) is 31.5 Å². The zero-order valence-electron chi connectivity index (χ0n) is 19.5. The van der Waals surface area contributed by atoms with E-state index < -0.39 is 10.0 Å². The number of piperidine rings is 1. The third-order valence-electron chi connectivity index (χ3n) is 6.29. The topological polar surface area (TPSA) is 128 Å². The van der Waals surface area contributed by atoms with Crippen molar-refractivity contribution in [1.82, 2.24) is 14.1 Å². The highest BCUT2D eigenvalue weighted by atomic mass is 32.2. The number of aryl methyl sites for hydroxylation is 2. The fourth-order valence-electron chi connectivity index (χ4n) is 4.45. The lowest BCUT2D eigenvalue weighted by Crippen LogP contribution is -2.40. The van der Waals surface area contributed by atoms with Gasteiger partial charge in [-0.1, -0.05) is 12.1 Å². The fraction of sp³-hybridized carbons (Fsp3) is 0.478. The second-order valence-corrected chi connectivity index (χ2v) is 10.5. The number of ether oxygens (including phenoxy) is 1. The smallest absolute Gasteiger partial charge is 0.309 e. The van der Waals surface area contributed by atoms with Crippen LogP contribution in [0.5, 0.6) is 0 Å². The maximum atomic E-state index is 13.5. The molecule has 1 aromatic heterocycles. The summed E-state index contributed by atoms with van der Waals surface area (Å²) in [7, 11) is -3.83. The molecule has 1 fully saturated rings. The maximum Gasteiger partial charge on any atom is 0.309 e. The maximum absolute atomic E-state index is 13.5. The van der Waals surface area contributed by atoms with E-state index in [1.807, 2.05) is 0 Å². The van der Waals surface area contributed by atoms with Crippen molar-refractivity contribution >= 4 is 33.6 Å². The van der Waals surface area contributed by atoms with Gasteiger partial charge in [0.1, 0.15) is 5.82 Å². The molecule has 10 nitrogen and oxygen atoms in total. The Morgan fingerprint density at radius 3 is 2.56 bits per heavy atom. The minimum atomic E-state index is -3.83. The van der Waals surface area contributed by atoms with Crippen LogP contribution in [0, 0.1) is 19.8 Å². The van der Waals surface area contributed by atoms with Gasteiger partial charge in [-0.15, -0.1) is 0 Å². The van der Waals surface area contributed by atoms with Gasteiger partial charge in [0.05, 0.1) is 23.1 Å². The van der Waals surface area contributed by atoms with E-state index in [4.69, 9.17) is 4.74 Å². The van der Waals surface area contributed by atoms with Crippen molar-refractivity contribution in [2.75, 3.05) is 25.0 Å². The number of hydrogen-bond donors (Lipinski definition) is 1. The summed E-state index contributed by atoms with van der Waals surface area (Å²) in [5.41, 5.74) is 2.14. The third kappa shape index (κ3) is 4.37. The van der Waals surface area contributed by atoms with Crippen LogP contribution in [0.3, 0.4) is 0 Å². The molecule has 0 radical (unpaired) electrons. The first-order valence-corrected chi connectivity index (χ1v) is 12.8. The monoisotopic (exact) mass is 488 g/mol. The number of nitrogens with one attached hydrogen (secondary N) is 1. The van der Waals surface area contributed by atoms with E-state index in [1.165, 1.54) is 8.99 Å². The quantitative estimate of drug-likeness (QED) is 0.641. The van der Waals surface area contributed by atoms with Gasteiger partial charge in [0.2, 0.25) is 21.8 Å². The van der Waals surface area contributed by atoms with Crippen molar-refractivity contribution in [2.45, 2.75) is 51.3 Å². The molecule has 0 atom stereocenters. The Bertz CT molecular complexity index is 1260. The first kappa shape index (κ1) is 24.1. The molecule has 0 bridgehead atoms. The van der Waals surface area contributed by atoms with Crippen molar-refractivity contribution in [3.05, 3.63) is 29.5 Å². The largest absolute Gasteiger partial charge is 0.466 e. The highest BCUT2D eigenvalue weighted by molar-refractivity contribution is 7.89. The zero-order chi connectivity index (χ0) is 24.6. The highest BCUT2D eigenvalue weighted by Gasteiger charge is 2.34. The van der Waals surface area contributed by atoms with E-state index in [9.17, 15) is 22.8 Å². The molecule has 1 saturated heterocycles. The van der Waals surface area contributed by atoms with Crippen LogP contribution in [-0.2, 0) is 24.3 Å². The number of aromatic nitrogens is 2. The molecule has 0 spiro atoms. The molecular formula is C23H28N4O6S. The summed E-state index contributed by atoms with van der Waals surface area (Å²) in [4.78, 5) is 36.7. The Morgan fingerprint density at radius 1 is 1.18 bits per heavy atom. The molecule has 1 amide bonds. The van der Waals surface area contributed by atoms with Crippen LogP contribution in [0.15, 0.2) is 23.1 Å². The second-order valence-electron chi connectivity index (χ2n) is 8.57. The number of hydrogen-bond acceptors (Lipinski definition) is 7. The van der Waals surface area contributed by atoms with Gasteiger partial charge in [-0.05, 0) is 50.8 Å². The second kappa shape index (κ2) is 9.30. The Kier molecular flexibility index (Phi) is 6.59. The first-order valence-electron chi connectivity index (χ1n) is 11.3. The van der Waals surface area contributed by atoms with E-state index >= 15 is 0 Å². The molecule has 4 rings (SSSR count). The Morgan fingerprint density at radius 2 is 1.88 bits per heavy atom. The van der Waals surface area contributed by atoms with E-state index in [2.05, 4.69) is 10.4 Å². The molecule has 2 aliphatic rings. The van der Waals surface area contributed by atoms with Crippen molar-refractivity contribution in [2.24, 2.45) is 5.92 Å². The predicted molar refractivity (Wildman–Crippen MR) is 124 cm³/mol. The molecule has 1 aromatic carbocycles. The summed E-state index contributed by atoms with van der Waals surface area (Å²) in [5, 5.41) is 7.04. The number of rotatable bonds is 5. The van der Waals surface area contributed by atoms with Gasteiger partial charge in [-0.3, -0.25) is 14.4 Å². The molecule has 182 valence electrons. The lowest BCUT2D eigenvalue weighted by Gasteiger charge is -2.30. The highest BCUT2D eigenvalue weighted by Crippen LogP contribution is 2.36. The summed E-state index contributed by atoms with van der Waals surface area (Å²) >= 11 is 0. The molecule has 2 aliphatic heterocycles. The van der Waals surface area contributed by atoms with Gasteiger partial charge in [0.15, 0.2) is 0 Å². The van der Waals surface area contributed by atoms with Gasteiger partial charge < -0.3 is 10.1 Å². The summed E-state index contributed by atoms with van der Waals surface area (Å²) in [6.45, 7) is 5.93. The van der Waals surface area contributed by atoms with Crippen LogP contribution in [0.25, 0.3) is 11.1 Å². The lowest BCUT2D eigenvalue weighted by molar-refractivity contribution is -0.149. The number of esters is 1. The number of nitrogens with zero attached hydrogens (tertiary/aromatic N) is 3. The van der Waals surface area contributed by atoms with Crippen molar-refractivity contribution in [1.29, 1.82) is 0 Å². The van der Waals surface area contributed by atoms with Crippen molar-refractivity contribution in [3.8, 4) is 11.1 Å². The van der Waals surface area contributed by atoms with Crippen LogP contribution < -0.4 is 5.32 Å². The Hall–Kier alpha value is -3.05. The molecule has 0 saturated carbocycles. The zero-order valence-corrected chi connectivity index (χ0v) is 20.3. The summed E-state index contributed by atoms with van der Waals surface area (Å²) in [5.74, 6) is -0.922. The standard InChI is InChI=1S/C23H28N4O6S/c1-4-33-23(30)16-9-11-26(12-10-16)34(31,32)18-13-17(6-5-14(18)2)21-15(3)25-27-20(29)8-7-19(28)24-22(21)27/h5-6,13,16H,4,7-12H2,1-3H3,(H,24,28). The molecule has 34 heavy (non-hydrogen) atoms. The predicted octanol–water partition coefficient (Wildman–Crippen LogP) is 2.50. The molecule has 1 N–H and O–H groups in total. The Labute approximate surface area is 198 Å². The number of amides is 1. The number of sulfonamides is 1.